The van der Waals surface area contributed by atoms with Crippen LogP contribution < -0.4 is 15.5 Å². The number of thioether (sulfide) groups is 1. The van der Waals surface area contributed by atoms with Gasteiger partial charge in [-0.3, -0.25) is 4.99 Å². The van der Waals surface area contributed by atoms with Crippen LogP contribution in [-0.2, 0) is 0 Å². The van der Waals surface area contributed by atoms with E-state index in [9.17, 15) is 0 Å². The van der Waals surface area contributed by atoms with Gasteiger partial charge in [0.25, 0.3) is 0 Å². The number of piperidine rings is 1. The molecular weight excluding hydrogens is 427 g/mol. The van der Waals surface area contributed by atoms with E-state index in [1.54, 1.807) is 0 Å². The second-order valence-corrected chi connectivity index (χ2v) is 7.56. The van der Waals surface area contributed by atoms with Crippen molar-refractivity contribution in [3.05, 3.63) is 17.5 Å². The molecule has 0 saturated carbocycles. The molecule has 0 spiro atoms. The summed E-state index contributed by atoms with van der Waals surface area (Å²) in [6.07, 6.45) is 4.47. The van der Waals surface area contributed by atoms with Crippen LogP contribution in [0.3, 0.4) is 0 Å². The Balaban J connectivity index is 0.00000242. The second kappa shape index (κ2) is 10.6. The SMILES string of the molecule is CN=C(NCC(C)SC)NC1CCN(c2cccs2)CC1.I. The molecule has 0 aliphatic carbocycles. The second-order valence-electron chi connectivity index (χ2n) is 5.36. The third kappa shape index (κ3) is 6.16. The molecule has 7 heteroatoms. The fraction of sp³-hybridized carbons (Fsp3) is 0.667. The predicted octanol–water partition coefficient (Wildman–Crippen LogP) is 3.25. The third-order valence-electron chi connectivity index (χ3n) is 3.84. The molecule has 1 saturated heterocycles. The van der Waals surface area contributed by atoms with Crippen LogP contribution >= 0.6 is 47.1 Å². The number of hydrogen-bond acceptors (Lipinski definition) is 4. The van der Waals surface area contributed by atoms with E-state index in [4.69, 9.17) is 0 Å². The number of rotatable bonds is 5. The lowest BCUT2D eigenvalue weighted by atomic mass is 10.1. The first-order chi connectivity index (χ1) is 10.2. The van der Waals surface area contributed by atoms with E-state index in [1.807, 2.05) is 30.1 Å². The van der Waals surface area contributed by atoms with Crippen molar-refractivity contribution >= 4 is 58.0 Å². The lowest BCUT2D eigenvalue weighted by Crippen LogP contribution is -2.49. The van der Waals surface area contributed by atoms with Gasteiger partial charge in [-0.2, -0.15) is 11.8 Å². The Morgan fingerprint density at radius 1 is 1.50 bits per heavy atom. The Morgan fingerprint density at radius 2 is 2.23 bits per heavy atom. The Hall–Kier alpha value is -0.150. The van der Waals surface area contributed by atoms with Crippen LogP contribution in [0.15, 0.2) is 22.5 Å². The summed E-state index contributed by atoms with van der Waals surface area (Å²) >= 11 is 3.70. The Bertz CT molecular complexity index is 431. The number of aliphatic imine (C=N–C) groups is 1. The van der Waals surface area contributed by atoms with Gasteiger partial charge in [0.05, 0.1) is 5.00 Å². The highest BCUT2D eigenvalue weighted by atomic mass is 127. The minimum absolute atomic E-state index is 0. The number of anilines is 1. The fourth-order valence-electron chi connectivity index (χ4n) is 2.41. The smallest absolute Gasteiger partial charge is 0.191 e. The largest absolute Gasteiger partial charge is 0.363 e. The van der Waals surface area contributed by atoms with E-state index in [0.717, 1.165) is 38.4 Å². The van der Waals surface area contributed by atoms with E-state index in [1.165, 1.54) is 5.00 Å². The molecule has 2 rings (SSSR count). The summed E-state index contributed by atoms with van der Waals surface area (Å²) in [7, 11) is 1.85. The van der Waals surface area contributed by atoms with Gasteiger partial charge in [-0.1, -0.05) is 6.92 Å². The topological polar surface area (TPSA) is 39.7 Å². The van der Waals surface area contributed by atoms with Crippen molar-refractivity contribution in [2.45, 2.75) is 31.1 Å². The lowest BCUT2D eigenvalue weighted by molar-refractivity contribution is 0.463. The first kappa shape index (κ1) is 19.9. The van der Waals surface area contributed by atoms with Crippen molar-refractivity contribution < 1.29 is 0 Å². The average Bonchev–Trinajstić information content (AvgIpc) is 3.06. The van der Waals surface area contributed by atoms with Gasteiger partial charge in [-0.25, -0.2) is 0 Å². The van der Waals surface area contributed by atoms with Crippen LogP contribution in [0.5, 0.6) is 0 Å². The summed E-state index contributed by atoms with van der Waals surface area (Å²) in [5, 5.41) is 11.1. The van der Waals surface area contributed by atoms with Crippen molar-refractivity contribution in [2.24, 2.45) is 4.99 Å². The number of nitrogens with zero attached hydrogens (tertiary/aromatic N) is 2. The molecule has 1 aliphatic heterocycles. The third-order valence-corrected chi connectivity index (χ3v) is 5.74. The minimum atomic E-state index is 0. The van der Waals surface area contributed by atoms with Gasteiger partial charge >= 0.3 is 0 Å². The van der Waals surface area contributed by atoms with Gasteiger partial charge in [0, 0.05) is 38.0 Å². The van der Waals surface area contributed by atoms with E-state index in [2.05, 4.69) is 51.2 Å². The summed E-state index contributed by atoms with van der Waals surface area (Å²) in [6.45, 7) is 5.42. The molecule has 0 amide bonds. The monoisotopic (exact) mass is 454 g/mol. The molecule has 1 fully saturated rings. The van der Waals surface area contributed by atoms with Crippen LogP contribution in [0.25, 0.3) is 0 Å². The van der Waals surface area contributed by atoms with E-state index in [0.29, 0.717) is 11.3 Å². The van der Waals surface area contributed by atoms with Crippen LogP contribution in [0.4, 0.5) is 5.00 Å². The van der Waals surface area contributed by atoms with Crippen molar-refractivity contribution in [1.82, 2.24) is 10.6 Å². The van der Waals surface area contributed by atoms with Gasteiger partial charge in [0.2, 0.25) is 0 Å². The standard InChI is InChI=1S/C15H26N4S2.HI/c1-12(20-3)11-17-15(16-2)18-13-6-8-19(9-7-13)14-5-4-10-21-14;/h4-5,10,12-13H,6-9,11H2,1-3H3,(H2,16,17,18);1H. The summed E-state index contributed by atoms with van der Waals surface area (Å²) in [5.41, 5.74) is 0. The van der Waals surface area contributed by atoms with Crippen molar-refractivity contribution in [1.29, 1.82) is 0 Å². The number of halogens is 1. The molecule has 1 unspecified atom stereocenters. The molecule has 1 aromatic heterocycles. The Labute approximate surface area is 159 Å². The minimum Gasteiger partial charge on any atom is -0.363 e. The first-order valence-electron chi connectivity index (χ1n) is 7.51. The van der Waals surface area contributed by atoms with Crippen LogP contribution in [0.2, 0.25) is 0 Å². The van der Waals surface area contributed by atoms with E-state index in [-0.39, 0.29) is 24.0 Å². The highest BCUT2D eigenvalue weighted by Gasteiger charge is 2.20. The van der Waals surface area contributed by atoms with Gasteiger partial charge in [-0.05, 0) is 36.6 Å². The van der Waals surface area contributed by atoms with Gasteiger partial charge in [0.15, 0.2) is 5.96 Å². The van der Waals surface area contributed by atoms with Crippen LogP contribution in [-0.4, -0.2) is 50.2 Å². The normalized spacial score (nSPS) is 17.8. The quantitative estimate of drug-likeness (QED) is 0.407. The molecule has 4 nitrogen and oxygen atoms in total. The van der Waals surface area contributed by atoms with Crippen molar-refractivity contribution in [3.63, 3.8) is 0 Å². The maximum atomic E-state index is 4.33. The zero-order valence-corrected chi connectivity index (χ0v) is 17.5. The van der Waals surface area contributed by atoms with Crippen molar-refractivity contribution in [2.75, 3.05) is 37.8 Å². The number of guanidine groups is 1. The van der Waals surface area contributed by atoms with Crippen LogP contribution in [0, 0.1) is 0 Å². The maximum Gasteiger partial charge on any atom is 0.191 e. The molecule has 0 radical (unpaired) electrons. The highest BCUT2D eigenvalue weighted by Crippen LogP contribution is 2.24. The molecule has 126 valence electrons. The molecule has 2 N–H and O–H groups in total. The lowest BCUT2D eigenvalue weighted by Gasteiger charge is -2.33. The zero-order valence-electron chi connectivity index (χ0n) is 13.5. The van der Waals surface area contributed by atoms with Gasteiger partial charge in [0.1, 0.15) is 0 Å². The molecule has 2 heterocycles. The molecule has 1 aliphatic rings. The molecule has 22 heavy (non-hydrogen) atoms. The Morgan fingerprint density at radius 3 is 2.77 bits per heavy atom. The first-order valence-corrected chi connectivity index (χ1v) is 9.68. The molecular formula is C15H27IN4S2. The summed E-state index contributed by atoms with van der Waals surface area (Å²) in [5.74, 6) is 0.936. The maximum absolute atomic E-state index is 4.33. The number of hydrogen-bond donors (Lipinski definition) is 2. The highest BCUT2D eigenvalue weighted by molar-refractivity contribution is 14.0. The summed E-state index contributed by atoms with van der Waals surface area (Å²) < 4.78 is 0. The molecule has 0 bridgehead atoms. The van der Waals surface area contributed by atoms with E-state index >= 15 is 0 Å². The van der Waals surface area contributed by atoms with Gasteiger partial charge in [-0.15, -0.1) is 35.3 Å². The van der Waals surface area contributed by atoms with Gasteiger partial charge < -0.3 is 15.5 Å². The Kier molecular flexibility index (Phi) is 9.58. The van der Waals surface area contributed by atoms with E-state index < -0.39 is 0 Å². The summed E-state index contributed by atoms with van der Waals surface area (Å²) in [4.78, 5) is 6.81. The molecule has 1 aromatic rings. The van der Waals surface area contributed by atoms with Crippen molar-refractivity contribution in [3.8, 4) is 0 Å². The van der Waals surface area contributed by atoms with Crippen LogP contribution in [0.1, 0.15) is 19.8 Å². The number of nitrogens with one attached hydrogen (secondary N) is 2. The average molecular weight is 454 g/mol. The molecule has 0 aromatic carbocycles. The summed E-state index contributed by atoms with van der Waals surface area (Å²) in [6, 6.07) is 4.86. The number of thiophene rings is 1. The predicted molar refractivity (Wildman–Crippen MR) is 112 cm³/mol. The molecule has 1 atom stereocenters. The zero-order chi connectivity index (χ0) is 15.1. The fourth-order valence-corrected chi connectivity index (χ4v) is 3.44.